The molecule has 0 aromatic heterocycles. The van der Waals surface area contributed by atoms with Gasteiger partial charge in [-0.2, -0.15) is 0 Å². The first-order valence-corrected chi connectivity index (χ1v) is 7.67. The Morgan fingerprint density at radius 3 is 3.05 bits per heavy atom. The number of urea groups is 1. The quantitative estimate of drug-likeness (QED) is 0.724. The van der Waals surface area contributed by atoms with Crippen molar-refractivity contribution < 1.29 is 19.0 Å². The zero-order valence-electron chi connectivity index (χ0n) is 13.0. The maximum Gasteiger partial charge on any atom is 0.319 e. The normalized spacial score (nSPS) is 17.2. The van der Waals surface area contributed by atoms with Crippen molar-refractivity contribution in [2.45, 2.75) is 25.4 Å². The van der Waals surface area contributed by atoms with E-state index in [2.05, 4.69) is 10.6 Å². The Kier molecular flexibility index (Phi) is 6.99. The molecule has 1 heterocycles. The number of anilines is 1. The molecular weight excluding hydrogens is 284 g/mol. The van der Waals surface area contributed by atoms with Gasteiger partial charge in [0.15, 0.2) is 0 Å². The SMILES string of the molecule is COc1ccccc1NC(=O)NCCCOC[C@H]1CCCO1. The number of methoxy groups -OCH3 is 1. The molecule has 122 valence electrons. The van der Waals surface area contributed by atoms with Gasteiger partial charge in [0.25, 0.3) is 0 Å². The van der Waals surface area contributed by atoms with Gasteiger partial charge in [-0.15, -0.1) is 0 Å². The van der Waals surface area contributed by atoms with Crippen LogP contribution < -0.4 is 15.4 Å². The number of para-hydroxylation sites is 2. The fourth-order valence-electron chi connectivity index (χ4n) is 2.28. The fourth-order valence-corrected chi connectivity index (χ4v) is 2.28. The molecule has 2 amide bonds. The highest BCUT2D eigenvalue weighted by Gasteiger charge is 2.14. The number of benzene rings is 1. The van der Waals surface area contributed by atoms with Crippen LogP contribution in [-0.4, -0.2) is 45.6 Å². The highest BCUT2D eigenvalue weighted by Crippen LogP contribution is 2.22. The lowest BCUT2D eigenvalue weighted by molar-refractivity contribution is 0.0168. The van der Waals surface area contributed by atoms with Crippen LogP contribution in [0.2, 0.25) is 0 Å². The second kappa shape index (κ2) is 9.27. The standard InChI is InChI=1S/C16H24N2O4/c1-20-15-8-3-2-7-14(15)18-16(19)17-9-5-10-21-12-13-6-4-11-22-13/h2-3,7-8,13H,4-6,9-12H2,1H3,(H2,17,18,19)/t13-/m1/s1. The minimum Gasteiger partial charge on any atom is -0.495 e. The molecule has 1 atom stereocenters. The molecule has 0 bridgehead atoms. The van der Waals surface area contributed by atoms with Crippen LogP contribution in [0.5, 0.6) is 5.75 Å². The Morgan fingerprint density at radius 2 is 2.27 bits per heavy atom. The van der Waals surface area contributed by atoms with E-state index in [1.54, 1.807) is 19.2 Å². The van der Waals surface area contributed by atoms with Gasteiger partial charge in [-0.3, -0.25) is 0 Å². The summed E-state index contributed by atoms with van der Waals surface area (Å²) >= 11 is 0. The number of amides is 2. The van der Waals surface area contributed by atoms with Gasteiger partial charge in [-0.05, 0) is 31.4 Å². The van der Waals surface area contributed by atoms with Crippen molar-refractivity contribution in [3.63, 3.8) is 0 Å². The molecule has 0 spiro atoms. The third-order valence-electron chi connectivity index (χ3n) is 3.43. The molecule has 2 rings (SSSR count). The molecule has 1 aromatic carbocycles. The van der Waals surface area contributed by atoms with Crippen molar-refractivity contribution in [1.82, 2.24) is 5.32 Å². The monoisotopic (exact) mass is 308 g/mol. The number of carbonyl (C=O) groups is 1. The number of carbonyl (C=O) groups excluding carboxylic acids is 1. The minimum absolute atomic E-state index is 0.247. The molecular formula is C16H24N2O4. The fraction of sp³-hybridized carbons (Fsp3) is 0.562. The van der Waals surface area contributed by atoms with E-state index in [0.29, 0.717) is 31.2 Å². The summed E-state index contributed by atoms with van der Waals surface area (Å²) in [6.07, 6.45) is 3.23. The number of rotatable bonds is 8. The average molecular weight is 308 g/mol. The van der Waals surface area contributed by atoms with Crippen molar-refractivity contribution >= 4 is 11.7 Å². The maximum atomic E-state index is 11.8. The Bertz CT molecular complexity index is 461. The van der Waals surface area contributed by atoms with Crippen LogP contribution in [0.15, 0.2) is 24.3 Å². The van der Waals surface area contributed by atoms with Gasteiger partial charge in [0.2, 0.25) is 0 Å². The first kappa shape index (κ1) is 16.6. The molecule has 1 aliphatic heterocycles. The third kappa shape index (κ3) is 5.54. The summed E-state index contributed by atoms with van der Waals surface area (Å²) < 4.78 is 16.2. The molecule has 1 aromatic rings. The van der Waals surface area contributed by atoms with Crippen molar-refractivity contribution in [2.75, 3.05) is 38.8 Å². The predicted octanol–water partition coefficient (Wildman–Crippen LogP) is 2.40. The Hall–Kier alpha value is -1.79. The number of nitrogens with one attached hydrogen (secondary N) is 2. The summed E-state index contributed by atoms with van der Waals surface area (Å²) in [5, 5.41) is 5.56. The van der Waals surface area contributed by atoms with E-state index >= 15 is 0 Å². The first-order valence-electron chi connectivity index (χ1n) is 7.67. The molecule has 22 heavy (non-hydrogen) atoms. The van der Waals surface area contributed by atoms with E-state index in [9.17, 15) is 4.79 Å². The topological polar surface area (TPSA) is 68.8 Å². The Morgan fingerprint density at radius 1 is 1.41 bits per heavy atom. The molecule has 2 N–H and O–H groups in total. The third-order valence-corrected chi connectivity index (χ3v) is 3.43. The van der Waals surface area contributed by atoms with Crippen molar-refractivity contribution in [3.8, 4) is 5.75 Å². The van der Waals surface area contributed by atoms with Crippen LogP contribution >= 0.6 is 0 Å². The molecule has 1 aliphatic rings. The summed E-state index contributed by atoms with van der Waals surface area (Å²) in [4.78, 5) is 11.8. The summed E-state index contributed by atoms with van der Waals surface area (Å²) in [5.74, 6) is 0.637. The van der Waals surface area contributed by atoms with Crippen LogP contribution in [0.25, 0.3) is 0 Å². The summed E-state index contributed by atoms with van der Waals surface area (Å²) in [6, 6.07) is 7.05. The van der Waals surface area contributed by atoms with E-state index in [1.807, 2.05) is 12.1 Å². The van der Waals surface area contributed by atoms with E-state index < -0.39 is 0 Å². The second-order valence-electron chi connectivity index (χ2n) is 5.14. The van der Waals surface area contributed by atoms with E-state index in [-0.39, 0.29) is 12.1 Å². The van der Waals surface area contributed by atoms with Gasteiger partial charge >= 0.3 is 6.03 Å². The maximum absolute atomic E-state index is 11.8. The lowest BCUT2D eigenvalue weighted by atomic mass is 10.2. The number of ether oxygens (including phenoxy) is 3. The summed E-state index contributed by atoms with van der Waals surface area (Å²) in [6.45, 7) is 2.67. The molecule has 1 saturated heterocycles. The van der Waals surface area contributed by atoms with Crippen molar-refractivity contribution in [3.05, 3.63) is 24.3 Å². The van der Waals surface area contributed by atoms with Gasteiger partial charge < -0.3 is 24.8 Å². The van der Waals surface area contributed by atoms with Gasteiger partial charge in [-0.25, -0.2) is 4.79 Å². The summed E-state index contributed by atoms with van der Waals surface area (Å²) in [7, 11) is 1.57. The molecule has 0 aliphatic carbocycles. The zero-order chi connectivity index (χ0) is 15.6. The van der Waals surface area contributed by atoms with E-state index in [1.165, 1.54) is 0 Å². The second-order valence-corrected chi connectivity index (χ2v) is 5.14. The zero-order valence-corrected chi connectivity index (χ0v) is 13.0. The van der Waals surface area contributed by atoms with Crippen LogP contribution in [0.4, 0.5) is 10.5 Å². The van der Waals surface area contributed by atoms with E-state index in [0.717, 1.165) is 25.9 Å². The van der Waals surface area contributed by atoms with E-state index in [4.69, 9.17) is 14.2 Å². The van der Waals surface area contributed by atoms with Crippen molar-refractivity contribution in [1.29, 1.82) is 0 Å². The number of hydrogen-bond donors (Lipinski definition) is 2. The van der Waals surface area contributed by atoms with Crippen LogP contribution in [-0.2, 0) is 9.47 Å². The van der Waals surface area contributed by atoms with Crippen LogP contribution in [0.1, 0.15) is 19.3 Å². The van der Waals surface area contributed by atoms with Gasteiger partial charge in [0.1, 0.15) is 5.75 Å². The largest absolute Gasteiger partial charge is 0.495 e. The van der Waals surface area contributed by atoms with Gasteiger partial charge in [0, 0.05) is 19.8 Å². The lowest BCUT2D eigenvalue weighted by Gasteiger charge is -2.12. The lowest BCUT2D eigenvalue weighted by Crippen LogP contribution is -2.30. The Labute approximate surface area is 131 Å². The average Bonchev–Trinajstić information content (AvgIpc) is 3.04. The smallest absolute Gasteiger partial charge is 0.319 e. The molecule has 6 heteroatoms. The Balaban J connectivity index is 1.55. The van der Waals surface area contributed by atoms with Crippen molar-refractivity contribution in [2.24, 2.45) is 0 Å². The molecule has 1 fully saturated rings. The first-order chi connectivity index (χ1) is 10.8. The molecule has 0 unspecified atom stereocenters. The molecule has 6 nitrogen and oxygen atoms in total. The van der Waals surface area contributed by atoms with Crippen LogP contribution in [0, 0.1) is 0 Å². The highest BCUT2D eigenvalue weighted by molar-refractivity contribution is 5.90. The predicted molar refractivity (Wildman–Crippen MR) is 84.4 cm³/mol. The minimum atomic E-state index is -0.247. The highest BCUT2D eigenvalue weighted by atomic mass is 16.5. The molecule has 0 saturated carbocycles. The van der Waals surface area contributed by atoms with Gasteiger partial charge in [0.05, 0.1) is 25.5 Å². The van der Waals surface area contributed by atoms with Gasteiger partial charge in [-0.1, -0.05) is 12.1 Å². The van der Waals surface area contributed by atoms with Crippen LogP contribution in [0.3, 0.4) is 0 Å². The number of hydrogen-bond acceptors (Lipinski definition) is 4. The summed E-state index contributed by atoms with van der Waals surface area (Å²) in [5.41, 5.74) is 0.650. The molecule has 0 radical (unpaired) electrons.